The van der Waals surface area contributed by atoms with Gasteiger partial charge in [-0.25, -0.2) is 9.97 Å². The summed E-state index contributed by atoms with van der Waals surface area (Å²) < 4.78 is 4.56. The van der Waals surface area contributed by atoms with Gasteiger partial charge in [-0.1, -0.05) is 6.92 Å². The van der Waals surface area contributed by atoms with Crippen molar-refractivity contribution in [3.63, 3.8) is 0 Å². The van der Waals surface area contributed by atoms with E-state index in [9.17, 15) is 4.79 Å². The Balaban J connectivity index is 2.77. The standard InChI is InChI=1S/C12H20N4O2/c1-5-6-16(3)11-7-10(14-9(2)15-11)13-8-12(17)18-4/h7H,5-6,8H2,1-4H3,(H,13,14,15). The van der Waals surface area contributed by atoms with Crippen LogP contribution in [0, 0.1) is 6.92 Å². The number of aromatic nitrogens is 2. The maximum Gasteiger partial charge on any atom is 0.325 e. The molecular formula is C12H20N4O2. The van der Waals surface area contributed by atoms with Crippen molar-refractivity contribution in [3.8, 4) is 0 Å². The molecule has 0 saturated carbocycles. The van der Waals surface area contributed by atoms with Crippen molar-refractivity contribution in [2.75, 3.05) is 37.5 Å². The van der Waals surface area contributed by atoms with Crippen LogP contribution < -0.4 is 10.2 Å². The third-order valence-electron chi connectivity index (χ3n) is 2.42. The van der Waals surface area contributed by atoms with Crippen molar-refractivity contribution < 1.29 is 9.53 Å². The predicted octanol–water partition coefficient (Wildman–Crippen LogP) is 1.22. The van der Waals surface area contributed by atoms with Crippen molar-refractivity contribution >= 4 is 17.6 Å². The van der Waals surface area contributed by atoms with Crippen molar-refractivity contribution in [3.05, 3.63) is 11.9 Å². The van der Waals surface area contributed by atoms with Gasteiger partial charge < -0.3 is 15.0 Å². The van der Waals surface area contributed by atoms with E-state index in [2.05, 4.69) is 31.8 Å². The zero-order valence-corrected chi connectivity index (χ0v) is 11.4. The second kappa shape index (κ2) is 6.78. The fraction of sp³-hybridized carbons (Fsp3) is 0.583. The highest BCUT2D eigenvalue weighted by molar-refractivity contribution is 5.74. The Bertz CT molecular complexity index is 409. The number of aryl methyl sites for hydroxylation is 1. The highest BCUT2D eigenvalue weighted by Crippen LogP contribution is 2.14. The first-order chi connectivity index (χ1) is 8.56. The molecule has 1 rings (SSSR count). The number of carbonyl (C=O) groups is 1. The lowest BCUT2D eigenvalue weighted by Crippen LogP contribution is -2.21. The first-order valence-electron chi connectivity index (χ1n) is 5.94. The zero-order valence-electron chi connectivity index (χ0n) is 11.4. The minimum absolute atomic E-state index is 0.101. The second-order valence-electron chi connectivity index (χ2n) is 4.01. The Morgan fingerprint density at radius 1 is 1.50 bits per heavy atom. The molecule has 0 bridgehead atoms. The lowest BCUT2D eigenvalue weighted by Gasteiger charge is -2.18. The summed E-state index contributed by atoms with van der Waals surface area (Å²) >= 11 is 0. The molecule has 0 radical (unpaired) electrons. The van der Waals surface area contributed by atoms with Crippen molar-refractivity contribution in [1.82, 2.24) is 9.97 Å². The van der Waals surface area contributed by atoms with Gasteiger partial charge in [0.15, 0.2) is 0 Å². The van der Waals surface area contributed by atoms with Crippen molar-refractivity contribution in [2.45, 2.75) is 20.3 Å². The molecule has 6 nitrogen and oxygen atoms in total. The van der Waals surface area contributed by atoms with E-state index in [0.717, 1.165) is 18.8 Å². The molecule has 0 spiro atoms. The summed E-state index contributed by atoms with van der Waals surface area (Å²) in [6, 6.07) is 1.82. The summed E-state index contributed by atoms with van der Waals surface area (Å²) in [7, 11) is 3.34. The lowest BCUT2D eigenvalue weighted by molar-refractivity contribution is -0.138. The summed E-state index contributed by atoms with van der Waals surface area (Å²) in [5, 5.41) is 2.92. The van der Waals surface area contributed by atoms with Crippen LogP contribution in [-0.4, -0.2) is 43.2 Å². The van der Waals surface area contributed by atoms with Crippen LogP contribution in [-0.2, 0) is 9.53 Å². The van der Waals surface area contributed by atoms with Gasteiger partial charge in [-0.3, -0.25) is 4.79 Å². The number of nitrogens with zero attached hydrogens (tertiary/aromatic N) is 3. The number of methoxy groups -OCH3 is 1. The molecule has 0 aliphatic rings. The molecule has 0 saturated heterocycles. The van der Waals surface area contributed by atoms with Crippen LogP contribution in [0.25, 0.3) is 0 Å². The zero-order chi connectivity index (χ0) is 13.5. The van der Waals surface area contributed by atoms with Crippen LogP contribution in [0.1, 0.15) is 19.2 Å². The molecular weight excluding hydrogens is 232 g/mol. The summed E-state index contributed by atoms with van der Waals surface area (Å²) in [5.41, 5.74) is 0. The Morgan fingerprint density at radius 3 is 2.83 bits per heavy atom. The van der Waals surface area contributed by atoms with Gasteiger partial charge in [-0.2, -0.15) is 0 Å². The van der Waals surface area contributed by atoms with Crippen molar-refractivity contribution in [1.29, 1.82) is 0 Å². The third kappa shape index (κ3) is 4.20. The fourth-order valence-electron chi connectivity index (χ4n) is 1.52. The SMILES string of the molecule is CCCN(C)c1cc(NCC(=O)OC)nc(C)n1. The van der Waals surface area contributed by atoms with Gasteiger partial charge in [0.1, 0.15) is 24.0 Å². The summed E-state index contributed by atoms with van der Waals surface area (Å²) in [6.45, 7) is 4.96. The molecule has 0 unspecified atom stereocenters. The maximum absolute atomic E-state index is 11.1. The first kappa shape index (κ1) is 14.2. The van der Waals surface area contributed by atoms with E-state index < -0.39 is 0 Å². The van der Waals surface area contributed by atoms with Crippen LogP contribution >= 0.6 is 0 Å². The van der Waals surface area contributed by atoms with Gasteiger partial charge in [-0.15, -0.1) is 0 Å². The summed E-state index contributed by atoms with van der Waals surface area (Å²) in [6.07, 6.45) is 1.05. The van der Waals surface area contributed by atoms with E-state index >= 15 is 0 Å². The normalized spacial score (nSPS) is 10.0. The quantitative estimate of drug-likeness (QED) is 0.768. The molecule has 18 heavy (non-hydrogen) atoms. The van der Waals surface area contributed by atoms with Crippen LogP contribution in [0.2, 0.25) is 0 Å². The molecule has 1 aromatic heterocycles. The van der Waals surface area contributed by atoms with Gasteiger partial charge in [-0.05, 0) is 13.3 Å². The van der Waals surface area contributed by atoms with E-state index in [1.165, 1.54) is 7.11 Å². The van der Waals surface area contributed by atoms with Gasteiger partial charge in [0, 0.05) is 19.7 Å². The number of carbonyl (C=O) groups excluding carboxylic acids is 1. The number of hydrogen-bond donors (Lipinski definition) is 1. The summed E-state index contributed by atoms with van der Waals surface area (Å²) in [4.78, 5) is 21.7. The molecule has 0 fully saturated rings. The smallest absolute Gasteiger partial charge is 0.325 e. The fourth-order valence-corrected chi connectivity index (χ4v) is 1.52. The molecule has 0 aliphatic heterocycles. The Kier molecular flexibility index (Phi) is 5.35. The van der Waals surface area contributed by atoms with E-state index in [-0.39, 0.29) is 12.5 Å². The van der Waals surface area contributed by atoms with Crippen LogP contribution in [0.3, 0.4) is 0 Å². The van der Waals surface area contributed by atoms with Crippen LogP contribution in [0.4, 0.5) is 11.6 Å². The first-order valence-corrected chi connectivity index (χ1v) is 5.94. The average molecular weight is 252 g/mol. The molecule has 1 aromatic rings. The maximum atomic E-state index is 11.1. The molecule has 1 N–H and O–H groups in total. The summed E-state index contributed by atoms with van der Waals surface area (Å²) in [5.74, 6) is 1.82. The average Bonchev–Trinajstić information content (AvgIpc) is 2.35. The monoisotopic (exact) mass is 252 g/mol. The number of anilines is 2. The largest absolute Gasteiger partial charge is 0.468 e. The predicted molar refractivity (Wildman–Crippen MR) is 70.8 cm³/mol. The molecule has 1 heterocycles. The Labute approximate surface area is 107 Å². The van der Waals surface area contributed by atoms with Gasteiger partial charge in [0.2, 0.25) is 0 Å². The molecule has 6 heteroatoms. The van der Waals surface area contributed by atoms with Crippen LogP contribution in [0.15, 0.2) is 6.07 Å². The van der Waals surface area contributed by atoms with E-state index in [1.54, 1.807) is 0 Å². The molecule has 0 aliphatic carbocycles. The third-order valence-corrected chi connectivity index (χ3v) is 2.42. The van der Waals surface area contributed by atoms with Crippen LogP contribution in [0.5, 0.6) is 0 Å². The minimum atomic E-state index is -0.324. The lowest BCUT2D eigenvalue weighted by atomic mass is 10.4. The van der Waals surface area contributed by atoms with E-state index in [0.29, 0.717) is 11.6 Å². The minimum Gasteiger partial charge on any atom is -0.468 e. The molecule has 0 aromatic carbocycles. The molecule has 0 atom stereocenters. The number of nitrogens with one attached hydrogen (secondary N) is 1. The van der Waals surface area contributed by atoms with Gasteiger partial charge in [0.25, 0.3) is 0 Å². The van der Waals surface area contributed by atoms with Crippen molar-refractivity contribution in [2.24, 2.45) is 0 Å². The van der Waals surface area contributed by atoms with Gasteiger partial charge in [0.05, 0.1) is 7.11 Å². The Hall–Kier alpha value is -1.85. The number of ether oxygens (including phenoxy) is 1. The second-order valence-corrected chi connectivity index (χ2v) is 4.01. The van der Waals surface area contributed by atoms with E-state index in [1.807, 2.05) is 20.0 Å². The topological polar surface area (TPSA) is 67.4 Å². The highest BCUT2D eigenvalue weighted by Gasteiger charge is 2.07. The van der Waals surface area contributed by atoms with E-state index in [4.69, 9.17) is 0 Å². The molecule has 100 valence electrons. The van der Waals surface area contributed by atoms with Gasteiger partial charge >= 0.3 is 5.97 Å². The number of rotatable bonds is 6. The highest BCUT2D eigenvalue weighted by atomic mass is 16.5. The molecule has 0 amide bonds. The number of esters is 1. The Morgan fingerprint density at radius 2 is 2.22 bits per heavy atom. The number of hydrogen-bond acceptors (Lipinski definition) is 6.